The first-order valence-corrected chi connectivity index (χ1v) is 5.29. The number of aldehydes is 1. The molecule has 2 aromatic rings. The lowest BCUT2D eigenvalue weighted by atomic mass is 10.0. The molecule has 1 aromatic heterocycles. The van der Waals surface area contributed by atoms with Gasteiger partial charge in [0, 0.05) is 10.4 Å². The average molecular weight is 202 g/mol. The third kappa shape index (κ3) is 1.49. The summed E-state index contributed by atoms with van der Waals surface area (Å²) < 4.78 is 0. The van der Waals surface area contributed by atoms with Crippen molar-refractivity contribution in [3.05, 3.63) is 46.8 Å². The van der Waals surface area contributed by atoms with Crippen LogP contribution in [0.5, 0.6) is 0 Å². The van der Waals surface area contributed by atoms with Gasteiger partial charge in [-0.3, -0.25) is 4.79 Å². The Morgan fingerprint density at radius 1 is 1.21 bits per heavy atom. The SMILES string of the molecule is Cc1c(C=O)cccc1-c1cccs1. The molecule has 14 heavy (non-hydrogen) atoms. The second-order valence-corrected chi connectivity index (χ2v) is 4.06. The lowest BCUT2D eigenvalue weighted by Gasteiger charge is -2.04. The molecule has 0 radical (unpaired) electrons. The topological polar surface area (TPSA) is 17.1 Å². The molecule has 0 spiro atoms. The summed E-state index contributed by atoms with van der Waals surface area (Å²) in [7, 11) is 0. The van der Waals surface area contributed by atoms with E-state index in [1.807, 2.05) is 36.6 Å². The Balaban J connectivity index is 2.60. The first-order valence-electron chi connectivity index (χ1n) is 4.41. The fourth-order valence-corrected chi connectivity index (χ4v) is 2.29. The maximum atomic E-state index is 10.8. The lowest BCUT2D eigenvalue weighted by molar-refractivity contribution is 0.112. The van der Waals surface area contributed by atoms with E-state index in [0.717, 1.165) is 23.0 Å². The largest absolute Gasteiger partial charge is 0.298 e. The van der Waals surface area contributed by atoms with Crippen molar-refractivity contribution in [3.8, 4) is 10.4 Å². The van der Waals surface area contributed by atoms with Crippen molar-refractivity contribution in [2.45, 2.75) is 6.92 Å². The Morgan fingerprint density at radius 3 is 2.71 bits per heavy atom. The Labute approximate surface area is 87.0 Å². The molecule has 1 heterocycles. The third-order valence-electron chi connectivity index (χ3n) is 2.29. The molecule has 0 N–H and O–H groups in total. The molecule has 0 bridgehead atoms. The summed E-state index contributed by atoms with van der Waals surface area (Å²) in [6, 6.07) is 9.91. The molecule has 1 aromatic carbocycles. The monoisotopic (exact) mass is 202 g/mol. The summed E-state index contributed by atoms with van der Waals surface area (Å²) in [5.41, 5.74) is 2.99. The van der Waals surface area contributed by atoms with Crippen LogP contribution in [0, 0.1) is 6.92 Å². The maximum Gasteiger partial charge on any atom is 0.150 e. The van der Waals surface area contributed by atoms with Crippen LogP contribution in [0.15, 0.2) is 35.7 Å². The van der Waals surface area contributed by atoms with Crippen molar-refractivity contribution < 1.29 is 4.79 Å². The summed E-state index contributed by atoms with van der Waals surface area (Å²) in [4.78, 5) is 12.0. The molecular formula is C12H10OS. The van der Waals surface area contributed by atoms with Crippen molar-refractivity contribution in [2.24, 2.45) is 0 Å². The van der Waals surface area contributed by atoms with Gasteiger partial charge in [0.2, 0.25) is 0 Å². The Kier molecular flexibility index (Phi) is 2.46. The van der Waals surface area contributed by atoms with Crippen molar-refractivity contribution in [1.82, 2.24) is 0 Å². The number of hydrogen-bond acceptors (Lipinski definition) is 2. The summed E-state index contributed by atoms with van der Waals surface area (Å²) in [6.45, 7) is 1.98. The Hall–Kier alpha value is -1.41. The fourth-order valence-electron chi connectivity index (χ4n) is 1.48. The van der Waals surface area contributed by atoms with E-state index < -0.39 is 0 Å². The van der Waals surface area contributed by atoms with Crippen LogP contribution in [0.1, 0.15) is 15.9 Å². The van der Waals surface area contributed by atoms with Crippen LogP contribution in [-0.4, -0.2) is 6.29 Å². The van der Waals surface area contributed by atoms with Gasteiger partial charge in [0.05, 0.1) is 0 Å². The predicted octanol–water partition coefficient (Wildman–Crippen LogP) is 3.54. The molecule has 0 aliphatic heterocycles. The summed E-state index contributed by atoms with van der Waals surface area (Å²) in [6.07, 6.45) is 0.909. The standard InChI is InChI=1S/C12H10OS/c1-9-10(8-13)4-2-5-11(9)12-6-3-7-14-12/h2-8H,1H3. The smallest absolute Gasteiger partial charge is 0.150 e. The molecule has 70 valence electrons. The van der Waals surface area contributed by atoms with E-state index in [-0.39, 0.29) is 0 Å². The van der Waals surface area contributed by atoms with Crippen molar-refractivity contribution in [3.63, 3.8) is 0 Å². The van der Waals surface area contributed by atoms with Crippen molar-refractivity contribution >= 4 is 17.6 Å². The van der Waals surface area contributed by atoms with Crippen molar-refractivity contribution in [2.75, 3.05) is 0 Å². The van der Waals surface area contributed by atoms with Gasteiger partial charge in [-0.2, -0.15) is 0 Å². The van der Waals surface area contributed by atoms with Gasteiger partial charge in [-0.25, -0.2) is 0 Å². The van der Waals surface area contributed by atoms with Crippen molar-refractivity contribution in [1.29, 1.82) is 0 Å². The molecular weight excluding hydrogens is 192 g/mol. The quantitative estimate of drug-likeness (QED) is 0.681. The van der Waals surface area contributed by atoms with E-state index in [0.29, 0.717) is 0 Å². The molecule has 0 saturated carbocycles. The molecule has 0 atom stereocenters. The highest BCUT2D eigenvalue weighted by atomic mass is 32.1. The summed E-state index contributed by atoms with van der Waals surface area (Å²) in [5.74, 6) is 0. The van der Waals surface area contributed by atoms with Gasteiger partial charge in [0.25, 0.3) is 0 Å². The Morgan fingerprint density at radius 2 is 2.07 bits per heavy atom. The maximum absolute atomic E-state index is 10.8. The molecule has 0 aliphatic rings. The first-order chi connectivity index (χ1) is 6.83. The zero-order valence-corrected chi connectivity index (χ0v) is 8.67. The number of carbonyl (C=O) groups is 1. The summed E-state index contributed by atoms with van der Waals surface area (Å²) >= 11 is 1.69. The molecule has 0 fully saturated rings. The van der Waals surface area contributed by atoms with Crippen LogP contribution in [0.4, 0.5) is 0 Å². The van der Waals surface area contributed by atoms with E-state index in [1.54, 1.807) is 11.3 Å². The van der Waals surface area contributed by atoms with Crippen LogP contribution in [0.2, 0.25) is 0 Å². The normalized spacial score (nSPS) is 10.1. The number of hydrogen-bond donors (Lipinski definition) is 0. The number of rotatable bonds is 2. The molecule has 2 heteroatoms. The molecule has 0 amide bonds. The second kappa shape index (κ2) is 3.76. The van der Waals surface area contributed by atoms with Gasteiger partial charge in [-0.15, -0.1) is 11.3 Å². The summed E-state index contributed by atoms with van der Waals surface area (Å²) in [5, 5.41) is 2.04. The fraction of sp³-hybridized carbons (Fsp3) is 0.0833. The van der Waals surface area contributed by atoms with E-state index >= 15 is 0 Å². The van der Waals surface area contributed by atoms with Crippen LogP contribution < -0.4 is 0 Å². The third-order valence-corrected chi connectivity index (χ3v) is 3.19. The highest BCUT2D eigenvalue weighted by molar-refractivity contribution is 7.13. The minimum Gasteiger partial charge on any atom is -0.298 e. The highest BCUT2D eigenvalue weighted by Gasteiger charge is 2.05. The van der Waals surface area contributed by atoms with Crippen LogP contribution in [-0.2, 0) is 0 Å². The van der Waals surface area contributed by atoms with Crippen LogP contribution in [0.25, 0.3) is 10.4 Å². The highest BCUT2D eigenvalue weighted by Crippen LogP contribution is 2.28. The van der Waals surface area contributed by atoms with Gasteiger partial charge < -0.3 is 0 Å². The molecule has 1 nitrogen and oxygen atoms in total. The van der Waals surface area contributed by atoms with E-state index in [4.69, 9.17) is 0 Å². The predicted molar refractivity (Wildman–Crippen MR) is 59.9 cm³/mol. The lowest BCUT2D eigenvalue weighted by Crippen LogP contribution is -1.88. The van der Waals surface area contributed by atoms with E-state index in [2.05, 4.69) is 6.07 Å². The van der Waals surface area contributed by atoms with Gasteiger partial charge in [-0.05, 0) is 29.5 Å². The van der Waals surface area contributed by atoms with E-state index in [1.165, 1.54) is 4.88 Å². The van der Waals surface area contributed by atoms with Crippen LogP contribution in [0.3, 0.4) is 0 Å². The Bertz CT molecular complexity index is 443. The minimum atomic E-state index is 0.774. The molecule has 2 rings (SSSR count). The average Bonchev–Trinajstić information content (AvgIpc) is 2.71. The number of thiophene rings is 1. The minimum absolute atomic E-state index is 0.774. The van der Waals surface area contributed by atoms with Crippen LogP contribution >= 0.6 is 11.3 Å². The zero-order valence-electron chi connectivity index (χ0n) is 7.86. The molecule has 0 aliphatic carbocycles. The second-order valence-electron chi connectivity index (χ2n) is 3.11. The first kappa shape index (κ1) is 9.16. The van der Waals surface area contributed by atoms with Gasteiger partial charge in [-0.1, -0.05) is 24.3 Å². The van der Waals surface area contributed by atoms with Gasteiger partial charge in [0.1, 0.15) is 6.29 Å². The zero-order chi connectivity index (χ0) is 9.97. The van der Waals surface area contributed by atoms with Gasteiger partial charge >= 0.3 is 0 Å². The number of benzene rings is 1. The molecule has 0 saturated heterocycles. The number of carbonyl (C=O) groups excluding carboxylic acids is 1. The van der Waals surface area contributed by atoms with E-state index in [9.17, 15) is 4.79 Å². The van der Waals surface area contributed by atoms with Gasteiger partial charge in [0.15, 0.2) is 0 Å². The molecule has 0 unspecified atom stereocenters.